The van der Waals surface area contributed by atoms with Gasteiger partial charge in [0.2, 0.25) is 5.95 Å². The molecule has 0 saturated heterocycles. The normalized spacial score (nSPS) is 10.3. The average Bonchev–Trinajstić information content (AvgIpc) is 2.43. The second-order valence-corrected chi connectivity index (χ2v) is 4.39. The number of hydrogen-bond acceptors (Lipinski definition) is 7. The van der Waals surface area contributed by atoms with E-state index in [9.17, 15) is 10.1 Å². The van der Waals surface area contributed by atoms with Gasteiger partial charge < -0.3 is 10.5 Å². The molecule has 0 bridgehead atoms. The van der Waals surface area contributed by atoms with Crippen LogP contribution in [0.4, 0.5) is 11.6 Å². The van der Waals surface area contributed by atoms with E-state index in [4.69, 9.17) is 10.5 Å². The van der Waals surface area contributed by atoms with E-state index in [1.165, 1.54) is 6.92 Å². The van der Waals surface area contributed by atoms with Gasteiger partial charge in [-0.3, -0.25) is 15.1 Å². The smallest absolute Gasteiger partial charge is 0.352 e. The minimum atomic E-state index is -0.563. The second kappa shape index (κ2) is 6.60. The molecule has 0 saturated carbocycles. The molecule has 21 heavy (non-hydrogen) atoms. The fraction of sp³-hybridized carbons (Fsp3) is 0.308. The third-order valence-corrected chi connectivity index (χ3v) is 2.82. The molecule has 0 atom stereocenters. The van der Waals surface area contributed by atoms with Gasteiger partial charge in [0.15, 0.2) is 0 Å². The molecule has 8 nitrogen and oxygen atoms in total. The lowest BCUT2D eigenvalue weighted by molar-refractivity contribution is -0.387. The van der Waals surface area contributed by atoms with E-state index >= 15 is 0 Å². The van der Waals surface area contributed by atoms with Gasteiger partial charge in [0.05, 0.1) is 11.5 Å². The Bertz CT molecular complexity index is 633. The van der Waals surface area contributed by atoms with Gasteiger partial charge in [0.25, 0.3) is 5.88 Å². The van der Waals surface area contributed by atoms with Gasteiger partial charge in [-0.15, -0.1) is 0 Å². The van der Waals surface area contributed by atoms with Crippen molar-refractivity contribution in [2.24, 2.45) is 0 Å². The number of hydrogen-bond donors (Lipinski definition) is 1. The summed E-state index contributed by atoms with van der Waals surface area (Å²) in [6.07, 6.45) is 4.92. The van der Waals surface area contributed by atoms with Crippen molar-refractivity contribution in [3.8, 4) is 5.88 Å². The average molecular weight is 289 g/mol. The summed E-state index contributed by atoms with van der Waals surface area (Å²) in [5.74, 6) is -0.123. The van der Waals surface area contributed by atoms with Gasteiger partial charge in [-0.1, -0.05) is 0 Å². The van der Waals surface area contributed by atoms with Crippen LogP contribution in [-0.4, -0.2) is 26.5 Å². The Balaban J connectivity index is 1.98. The first-order chi connectivity index (χ1) is 10.1. The summed E-state index contributed by atoms with van der Waals surface area (Å²) in [7, 11) is 0. The summed E-state index contributed by atoms with van der Waals surface area (Å²) in [4.78, 5) is 21.9. The number of anilines is 1. The van der Waals surface area contributed by atoms with Crippen molar-refractivity contribution >= 4 is 11.6 Å². The number of nitrogens with zero attached hydrogens (tertiary/aromatic N) is 4. The molecule has 0 aliphatic carbocycles. The Morgan fingerprint density at radius 1 is 1.33 bits per heavy atom. The van der Waals surface area contributed by atoms with E-state index in [0.717, 1.165) is 12.0 Å². The Morgan fingerprint density at radius 2 is 2.05 bits per heavy atom. The summed E-state index contributed by atoms with van der Waals surface area (Å²) in [5, 5.41) is 11.0. The fourth-order valence-electron chi connectivity index (χ4n) is 1.87. The molecular formula is C13H15N5O3. The van der Waals surface area contributed by atoms with Crippen molar-refractivity contribution < 1.29 is 9.66 Å². The minimum absolute atomic E-state index is 0.0396. The Kier molecular flexibility index (Phi) is 4.60. The maximum Gasteiger partial charge on any atom is 0.352 e. The van der Waals surface area contributed by atoms with E-state index in [0.29, 0.717) is 13.0 Å². The number of pyridine rings is 1. The van der Waals surface area contributed by atoms with Crippen molar-refractivity contribution in [1.82, 2.24) is 15.0 Å². The summed E-state index contributed by atoms with van der Waals surface area (Å²) < 4.78 is 5.39. The Morgan fingerprint density at radius 3 is 2.71 bits per heavy atom. The number of aryl methyl sites for hydroxylation is 2. The molecule has 0 unspecified atom stereocenters. The Labute approximate surface area is 121 Å². The van der Waals surface area contributed by atoms with Crippen LogP contribution in [-0.2, 0) is 6.42 Å². The van der Waals surface area contributed by atoms with Crippen molar-refractivity contribution in [1.29, 1.82) is 0 Å². The number of nitrogen functional groups attached to an aromatic ring is 1. The first kappa shape index (κ1) is 14.6. The summed E-state index contributed by atoms with van der Waals surface area (Å²) in [6, 6.07) is 3.82. The second-order valence-electron chi connectivity index (χ2n) is 4.39. The van der Waals surface area contributed by atoms with Crippen LogP contribution in [0.15, 0.2) is 24.5 Å². The quantitative estimate of drug-likeness (QED) is 0.488. The zero-order valence-corrected chi connectivity index (χ0v) is 11.5. The van der Waals surface area contributed by atoms with Crippen LogP contribution in [0.5, 0.6) is 5.88 Å². The van der Waals surface area contributed by atoms with E-state index < -0.39 is 4.92 Å². The molecule has 2 rings (SSSR count). The predicted octanol–water partition coefficient (Wildman–Crippen LogP) is 1.68. The summed E-state index contributed by atoms with van der Waals surface area (Å²) in [6.45, 7) is 1.80. The van der Waals surface area contributed by atoms with Crippen LogP contribution in [0.1, 0.15) is 17.7 Å². The van der Waals surface area contributed by atoms with Crippen molar-refractivity contribution in [2.45, 2.75) is 19.8 Å². The zero-order chi connectivity index (χ0) is 15.2. The lowest BCUT2D eigenvalue weighted by Gasteiger charge is -2.07. The molecule has 0 aliphatic heterocycles. The largest absolute Gasteiger partial charge is 0.473 e. The number of nitro groups is 1. The third kappa shape index (κ3) is 3.85. The lowest BCUT2D eigenvalue weighted by Crippen LogP contribution is -2.08. The van der Waals surface area contributed by atoms with Crippen LogP contribution < -0.4 is 10.5 Å². The summed E-state index contributed by atoms with van der Waals surface area (Å²) >= 11 is 0. The molecule has 110 valence electrons. The van der Waals surface area contributed by atoms with Gasteiger partial charge in [-0.05, 0) is 37.5 Å². The van der Waals surface area contributed by atoms with Crippen LogP contribution in [0.25, 0.3) is 0 Å². The van der Waals surface area contributed by atoms with Crippen LogP contribution in [0.3, 0.4) is 0 Å². The molecule has 0 aromatic carbocycles. The highest BCUT2D eigenvalue weighted by atomic mass is 16.6. The van der Waals surface area contributed by atoms with Gasteiger partial charge >= 0.3 is 5.69 Å². The summed E-state index contributed by atoms with van der Waals surface area (Å²) in [5.41, 5.74) is 6.57. The van der Waals surface area contributed by atoms with Crippen molar-refractivity contribution in [2.75, 3.05) is 12.3 Å². The monoisotopic (exact) mass is 289 g/mol. The number of rotatable bonds is 6. The molecule has 2 aromatic heterocycles. The molecule has 0 radical (unpaired) electrons. The molecule has 8 heteroatoms. The number of ether oxygens (including phenoxy) is 1. The molecule has 0 amide bonds. The maximum atomic E-state index is 11.0. The maximum absolute atomic E-state index is 11.0. The standard InChI is InChI=1S/C13H15N5O3/c1-9-11(18(19)20)12(17-13(14)16-9)21-8-2-3-10-4-6-15-7-5-10/h4-7H,2-3,8H2,1H3,(H2,14,16,17). The van der Waals surface area contributed by atoms with Crippen molar-refractivity contribution in [3.05, 3.63) is 45.9 Å². The highest BCUT2D eigenvalue weighted by molar-refractivity contribution is 5.47. The minimum Gasteiger partial charge on any atom is -0.473 e. The van der Waals surface area contributed by atoms with Crippen molar-refractivity contribution in [3.63, 3.8) is 0 Å². The number of nitrogens with two attached hydrogens (primary N) is 1. The van der Waals surface area contributed by atoms with Gasteiger partial charge in [-0.25, -0.2) is 4.98 Å². The Hall–Kier alpha value is -2.77. The topological polar surface area (TPSA) is 117 Å². The third-order valence-electron chi connectivity index (χ3n) is 2.82. The molecule has 2 aromatic rings. The van der Waals surface area contributed by atoms with Crippen LogP contribution >= 0.6 is 0 Å². The fourth-order valence-corrected chi connectivity index (χ4v) is 1.87. The van der Waals surface area contributed by atoms with Gasteiger partial charge in [0, 0.05) is 12.4 Å². The first-order valence-electron chi connectivity index (χ1n) is 6.38. The van der Waals surface area contributed by atoms with E-state index in [1.807, 2.05) is 12.1 Å². The predicted molar refractivity (Wildman–Crippen MR) is 75.9 cm³/mol. The zero-order valence-electron chi connectivity index (χ0n) is 11.5. The molecule has 0 fully saturated rings. The highest BCUT2D eigenvalue weighted by Gasteiger charge is 2.22. The lowest BCUT2D eigenvalue weighted by atomic mass is 10.1. The molecular weight excluding hydrogens is 274 g/mol. The van der Waals surface area contributed by atoms with E-state index in [2.05, 4.69) is 15.0 Å². The van der Waals surface area contributed by atoms with Crippen LogP contribution in [0.2, 0.25) is 0 Å². The number of aromatic nitrogens is 3. The first-order valence-corrected chi connectivity index (χ1v) is 6.38. The van der Waals surface area contributed by atoms with Gasteiger partial charge in [0.1, 0.15) is 5.69 Å². The molecule has 0 aliphatic rings. The van der Waals surface area contributed by atoms with Crippen LogP contribution in [0, 0.1) is 17.0 Å². The molecule has 0 spiro atoms. The molecule has 2 N–H and O–H groups in total. The molecule has 2 heterocycles. The SMILES string of the molecule is Cc1nc(N)nc(OCCCc2ccncc2)c1[N+](=O)[O-]. The van der Waals surface area contributed by atoms with Gasteiger partial charge in [-0.2, -0.15) is 4.98 Å². The highest BCUT2D eigenvalue weighted by Crippen LogP contribution is 2.27. The van der Waals surface area contributed by atoms with E-state index in [1.54, 1.807) is 12.4 Å². The van der Waals surface area contributed by atoms with E-state index in [-0.39, 0.29) is 23.2 Å².